The molecule has 0 saturated heterocycles. The number of aliphatic hydroxyl groups excluding tert-OH is 1. The number of rotatable bonds is 7. The molecule has 1 aromatic rings. The largest absolute Gasteiger partial charge is 0.434 e. The first-order valence-corrected chi connectivity index (χ1v) is 11.9. The monoisotopic (exact) mass is 482 g/mol. The molecule has 10 heteroatoms. The molecule has 188 valence electrons. The van der Waals surface area contributed by atoms with Crippen LogP contribution in [0.3, 0.4) is 0 Å². The van der Waals surface area contributed by atoms with Gasteiger partial charge in [-0.15, -0.1) is 0 Å². The normalized spacial score (nSPS) is 30.7. The van der Waals surface area contributed by atoms with E-state index in [4.69, 9.17) is 0 Å². The van der Waals surface area contributed by atoms with E-state index < -0.39 is 28.9 Å². The van der Waals surface area contributed by atoms with Crippen LogP contribution in [0.1, 0.15) is 75.3 Å². The lowest BCUT2D eigenvalue weighted by atomic mass is 9.48. The van der Waals surface area contributed by atoms with E-state index in [0.717, 1.165) is 44.5 Å². The molecule has 2 amide bonds. The van der Waals surface area contributed by atoms with Gasteiger partial charge in [-0.1, -0.05) is 6.92 Å². The van der Waals surface area contributed by atoms with Crippen molar-refractivity contribution < 1.29 is 27.9 Å². The molecule has 4 bridgehead atoms. The van der Waals surface area contributed by atoms with Crippen LogP contribution in [0.15, 0.2) is 12.3 Å². The summed E-state index contributed by atoms with van der Waals surface area (Å²) in [6.45, 7) is 5.13. The van der Waals surface area contributed by atoms with Gasteiger partial charge < -0.3 is 15.7 Å². The summed E-state index contributed by atoms with van der Waals surface area (Å²) in [4.78, 5) is 24.7. The Balaban J connectivity index is 1.54. The van der Waals surface area contributed by atoms with Gasteiger partial charge in [0, 0.05) is 25.3 Å². The van der Waals surface area contributed by atoms with Gasteiger partial charge in [0.25, 0.3) is 5.91 Å². The molecular formula is C24H33F3N4O3. The van der Waals surface area contributed by atoms with E-state index in [-0.39, 0.29) is 42.2 Å². The lowest BCUT2D eigenvalue weighted by Gasteiger charge is -2.59. The third kappa shape index (κ3) is 4.74. The average Bonchev–Trinajstić information content (AvgIpc) is 3.19. The zero-order chi connectivity index (χ0) is 24.9. The van der Waals surface area contributed by atoms with E-state index in [1.807, 2.05) is 0 Å². The number of alkyl halides is 3. The second kappa shape index (κ2) is 8.70. The van der Waals surface area contributed by atoms with Crippen molar-refractivity contribution in [2.24, 2.45) is 23.2 Å². The second-order valence-electron chi connectivity index (χ2n) is 10.9. The zero-order valence-corrected chi connectivity index (χ0v) is 19.8. The van der Waals surface area contributed by atoms with Crippen LogP contribution in [0.4, 0.5) is 13.2 Å². The standard InChI is InChI=1S/C24H33F3N4O3/c1-4-18(33)30-22(2,3)5-6-31-20(24(25,26)27)17(12-28-31)21(34)29-19-15-7-14-8-16(19)11-23(9-14,10-15)13-32/h5-6,12,14-16,19,32H,4,7-11,13H2,1-3H3,(H,29,34)(H,30,33)/b6-5+/t14?,15?,16?,19-,23-. The number of amides is 2. The molecule has 2 unspecified atom stereocenters. The first kappa shape index (κ1) is 24.8. The first-order valence-electron chi connectivity index (χ1n) is 11.9. The van der Waals surface area contributed by atoms with E-state index in [9.17, 15) is 27.9 Å². The fourth-order valence-corrected chi connectivity index (χ4v) is 6.52. The Kier molecular flexibility index (Phi) is 6.33. The number of hydrogen-bond donors (Lipinski definition) is 3. The van der Waals surface area contributed by atoms with Crippen molar-refractivity contribution in [3.8, 4) is 0 Å². The van der Waals surface area contributed by atoms with Gasteiger partial charge in [-0.3, -0.25) is 9.59 Å². The molecule has 1 heterocycles. The minimum absolute atomic E-state index is 0.0927. The first-order chi connectivity index (χ1) is 15.9. The van der Waals surface area contributed by atoms with Crippen molar-refractivity contribution >= 4 is 18.0 Å². The lowest BCUT2D eigenvalue weighted by Crippen LogP contribution is -2.60. The van der Waals surface area contributed by atoms with E-state index in [1.54, 1.807) is 20.8 Å². The van der Waals surface area contributed by atoms with Gasteiger partial charge in [0.15, 0.2) is 5.69 Å². The number of aliphatic hydroxyl groups is 1. The molecule has 5 rings (SSSR count). The third-order valence-electron chi connectivity index (χ3n) is 7.76. The fourth-order valence-electron chi connectivity index (χ4n) is 6.52. The number of carbonyl (C=O) groups excluding carboxylic acids is 2. The van der Waals surface area contributed by atoms with E-state index in [2.05, 4.69) is 15.7 Å². The molecule has 2 atom stereocenters. The van der Waals surface area contributed by atoms with Crippen LogP contribution in [-0.4, -0.2) is 44.9 Å². The summed E-state index contributed by atoms with van der Waals surface area (Å²) in [5, 5.41) is 19.3. The maximum atomic E-state index is 14.0. The van der Waals surface area contributed by atoms with E-state index in [0.29, 0.717) is 10.6 Å². The molecule has 0 aromatic carbocycles. The Hall–Kier alpha value is -2.36. The summed E-state index contributed by atoms with van der Waals surface area (Å²) in [5.41, 5.74) is -2.65. The Labute approximate surface area is 197 Å². The minimum atomic E-state index is -4.80. The van der Waals surface area contributed by atoms with Crippen molar-refractivity contribution in [1.82, 2.24) is 20.4 Å². The Morgan fingerprint density at radius 2 is 1.88 bits per heavy atom. The molecule has 1 aromatic heterocycles. The highest BCUT2D eigenvalue weighted by Gasteiger charge is 2.55. The van der Waals surface area contributed by atoms with Crippen LogP contribution in [0, 0.1) is 23.2 Å². The van der Waals surface area contributed by atoms with Gasteiger partial charge in [0.2, 0.25) is 5.91 Å². The quantitative estimate of drug-likeness (QED) is 0.553. The molecule has 34 heavy (non-hydrogen) atoms. The summed E-state index contributed by atoms with van der Waals surface area (Å²) in [5.74, 6) is -0.136. The Morgan fingerprint density at radius 3 is 2.44 bits per heavy atom. The third-order valence-corrected chi connectivity index (χ3v) is 7.76. The zero-order valence-electron chi connectivity index (χ0n) is 19.8. The van der Waals surface area contributed by atoms with Crippen molar-refractivity contribution in [3.63, 3.8) is 0 Å². The SMILES string of the molecule is CCC(=O)NC(C)(C)/C=C/n1ncc(C(=O)N[C@H]2C3CC4CC2C[C@](CO)(C4)C3)c1C(F)(F)F. The average molecular weight is 483 g/mol. The number of nitrogens with zero attached hydrogens (tertiary/aromatic N) is 2. The summed E-state index contributed by atoms with van der Waals surface area (Å²) in [6, 6.07) is -0.188. The van der Waals surface area contributed by atoms with Crippen molar-refractivity contribution in [2.45, 2.75) is 77.1 Å². The van der Waals surface area contributed by atoms with Gasteiger partial charge in [-0.05, 0) is 75.2 Å². The highest BCUT2D eigenvalue weighted by Crippen LogP contribution is 2.59. The Bertz CT molecular complexity index is 969. The molecule has 3 N–H and O–H groups in total. The number of nitrogens with one attached hydrogen (secondary N) is 2. The number of carbonyl (C=O) groups is 2. The summed E-state index contributed by atoms with van der Waals surface area (Å²) < 4.78 is 42.6. The van der Waals surface area contributed by atoms with Crippen molar-refractivity contribution in [3.05, 3.63) is 23.5 Å². The van der Waals surface area contributed by atoms with Crippen LogP contribution in [0.25, 0.3) is 6.20 Å². The summed E-state index contributed by atoms with van der Waals surface area (Å²) >= 11 is 0. The van der Waals surface area contributed by atoms with E-state index >= 15 is 0 Å². The maximum Gasteiger partial charge on any atom is 0.434 e. The van der Waals surface area contributed by atoms with Gasteiger partial charge in [-0.25, -0.2) is 4.68 Å². The molecule has 4 aliphatic rings. The van der Waals surface area contributed by atoms with Crippen LogP contribution in [0.5, 0.6) is 0 Å². The van der Waals surface area contributed by atoms with Crippen LogP contribution in [0.2, 0.25) is 0 Å². The number of aromatic nitrogens is 2. The number of hydrogen-bond acceptors (Lipinski definition) is 4. The molecular weight excluding hydrogens is 449 g/mol. The number of halogens is 3. The summed E-state index contributed by atoms with van der Waals surface area (Å²) in [6.07, 6.45) is 3.43. The topological polar surface area (TPSA) is 96.2 Å². The molecule has 0 spiro atoms. The van der Waals surface area contributed by atoms with Crippen molar-refractivity contribution in [2.75, 3.05) is 6.61 Å². The van der Waals surface area contributed by atoms with Gasteiger partial charge in [0.05, 0.1) is 17.3 Å². The van der Waals surface area contributed by atoms with E-state index in [1.165, 1.54) is 6.08 Å². The molecule has 4 fully saturated rings. The fraction of sp³-hybridized carbons (Fsp3) is 0.708. The predicted octanol–water partition coefficient (Wildman–Crippen LogP) is 3.59. The molecule has 0 radical (unpaired) electrons. The van der Waals surface area contributed by atoms with Gasteiger partial charge in [0.1, 0.15) is 0 Å². The van der Waals surface area contributed by atoms with Crippen LogP contribution >= 0.6 is 0 Å². The van der Waals surface area contributed by atoms with Gasteiger partial charge >= 0.3 is 6.18 Å². The minimum Gasteiger partial charge on any atom is -0.396 e. The molecule has 7 nitrogen and oxygen atoms in total. The molecule has 4 aliphatic carbocycles. The highest BCUT2D eigenvalue weighted by atomic mass is 19.4. The van der Waals surface area contributed by atoms with Gasteiger partial charge in [-0.2, -0.15) is 18.3 Å². The molecule has 4 saturated carbocycles. The van der Waals surface area contributed by atoms with Crippen LogP contribution < -0.4 is 10.6 Å². The molecule has 0 aliphatic heterocycles. The Morgan fingerprint density at radius 1 is 1.24 bits per heavy atom. The van der Waals surface area contributed by atoms with Crippen molar-refractivity contribution in [1.29, 1.82) is 0 Å². The maximum absolute atomic E-state index is 14.0. The predicted molar refractivity (Wildman–Crippen MR) is 119 cm³/mol. The smallest absolute Gasteiger partial charge is 0.396 e. The summed E-state index contributed by atoms with van der Waals surface area (Å²) in [7, 11) is 0. The second-order valence-corrected chi connectivity index (χ2v) is 10.9. The highest BCUT2D eigenvalue weighted by molar-refractivity contribution is 5.95. The van der Waals surface area contributed by atoms with Crippen LogP contribution in [-0.2, 0) is 11.0 Å². The lowest BCUT2D eigenvalue weighted by molar-refractivity contribution is -0.143.